The van der Waals surface area contributed by atoms with Crippen molar-refractivity contribution in [3.8, 4) is 22.8 Å². The number of carboxylic acids is 1. The van der Waals surface area contributed by atoms with E-state index in [1.165, 1.54) is 12.1 Å². The van der Waals surface area contributed by atoms with Crippen LogP contribution in [0.15, 0.2) is 57.9 Å². The Morgan fingerprint density at radius 1 is 1.21 bits per heavy atom. The van der Waals surface area contributed by atoms with Crippen LogP contribution in [0.2, 0.25) is 0 Å². The van der Waals surface area contributed by atoms with Crippen LogP contribution in [0.25, 0.3) is 22.3 Å². The third kappa shape index (κ3) is 3.28. The number of hydrogen-bond donors (Lipinski definition) is 2. The lowest BCUT2D eigenvalue weighted by Crippen LogP contribution is -2.04. The van der Waals surface area contributed by atoms with Crippen LogP contribution in [-0.4, -0.2) is 33.4 Å². The maximum atomic E-state index is 11.8. The summed E-state index contributed by atoms with van der Waals surface area (Å²) in [4.78, 5) is 19.1. The first kappa shape index (κ1) is 17.3. The molecule has 0 bridgehead atoms. The third-order valence-corrected chi connectivity index (χ3v) is 3.99. The predicted octanol–water partition coefficient (Wildman–Crippen LogP) is 2.23. The van der Waals surface area contributed by atoms with Crippen molar-refractivity contribution in [1.29, 1.82) is 0 Å². The van der Waals surface area contributed by atoms with Gasteiger partial charge in [-0.05, 0) is 30.3 Å². The zero-order valence-electron chi connectivity index (χ0n) is 14.5. The van der Waals surface area contributed by atoms with Gasteiger partial charge in [-0.15, -0.1) is 10.8 Å². The SMILES string of the molecule is COc1ccc(-c2cc(=Nc3n[nH]c(C(=O)O)n3)c3cc([O-])ccc3o2)cc1. The minimum atomic E-state index is -1.25. The van der Waals surface area contributed by atoms with Gasteiger partial charge in [0.05, 0.1) is 12.5 Å². The van der Waals surface area contributed by atoms with Crippen molar-refractivity contribution in [3.63, 3.8) is 0 Å². The molecule has 0 aliphatic rings. The molecule has 0 unspecified atom stereocenters. The molecular formula is C19H13N4O5-. The first-order valence-corrected chi connectivity index (χ1v) is 8.13. The van der Waals surface area contributed by atoms with Gasteiger partial charge in [0.2, 0.25) is 5.82 Å². The topological polar surface area (TPSA) is 137 Å². The molecule has 9 heteroatoms. The van der Waals surface area contributed by atoms with Crippen LogP contribution in [-0.2, 0) is 0 Å². The minimum absolute atomic E-state index is 0.0677. The smallest absolute Gasteiger partial charge is 0.373 e. The Bertz CT molecular complexity index is 1240. The fourth-order valence-electron chi connectivity index (χ4n) is 2.64. The van der Waals surface area contributed by atoms with Crippen LogP contribution in [0.5, 0.6) is 11.5 Å². The molecule has 4 aromatic rings. The average Bonchev–Trinajstić information content (AvgIpc) is 3.17. The van der Waals surface area contributed by atoms with Crippen molar-refractivity contribution in [2.75, 3.05) is 7.11 Å². The number of H-pyrrole nitrogens is 1. The highest BCUT2D eigenvalue weighted by Crippen LogP contribution is 2.25. The number of nitrogens with one attached hydrogen (secondary N) is 1. The summed E-state index contributed by atoms with van der Waals surface area (Å²) in [5, 5.41) is 27.7. The summed E-state index contributed by atoms with van der Waals surface area (Å²) in [6.45, 7) is 0. The summed E-state index contributed by atoms with van der Waals surface area (Å²) in [5.41, 5.74) is 1.22. The highest BCUT2D eigenvalue weighted by Gasteiger charge is 2.10. The van der Waals surface area contributed by atoms with Gasteiger partial charge in [-0.3, -0.25) is 5.10 Å². The highest BCUT2D eigenvalue weighted by atomic mass is 16.5. The number of fused-ring (bicyclic) bond motifs is 1. The van der Waals surface area contributed by atoms with Crippen molar-refractivity contribution >= 4 is 22.9 Å². The Hall–Kier alpha value is -4.14. The lowest BCUT2D eigenvalue weighted by atomic mass is 10.1. The number of benzene rings is 2. The Morgan fingerprint density at radius 3 is 2.68 bits per heavy atom. The number of rotatable bonds is 4. The molecular weight excluding hydrogens is 364 g/mol. The van der Waals surface area contributed by atoms with Crippen molar-refractivity contribution in [1.82, 2.24) is 15.2 Å². The van der Waals surface area contributed by atoms with Crippen LogP contribution in [0.4, 0.5) is 5.95 Å². The number of carbonyl (C=O) groups is 1. The summed E-state index contributed by atoms with van der Waals surface area (Å²) < 4.78 is 11.1. The van der Waals surface area contributed by atoms with E-state index in [9.17, 15) is 9.90 Å². The van der Waals surface area contributed by atoms with Crippen LogP contribution in [0.3, 0.4) is 0 Å². The molecule has 0 radical (unpaired) electrons. The fourth-order valence-corrected chi connectivity index (χ4v) is 2.64. The Morgan fingerprint density at radius 2 is 2.00 bits per heavy atom. The Labute approximate surface area is 157 Å². The van der Waals surface area contributed by atoms with E-state index in [1.807, 2.05) is 12.1 Å². The van der Waals surface area contributed by atoms with E-state index in [0.717, 1.165) is 5.56 Å². The molecule has 0 saturated carbocycles. The maximum Gasteiger partial charge on any atom is 0.373 e. The zero-order valence-corrected chi connectivity index (χ0v) is 14.5. The second-order valence-corrected chi connectivity index (χ2v) is 5.78. The number of aromatic nitrogens is 3. The number of aromatic carboxylic acids is 1. The number of aromatic amines is 1. The first-order valence-electron chi connectivity index (χ1n) is 8.13. The number of hydrogen-bond acceptors (Lipinski definition) is 7. The van der Waals surface area contributed by atoms with Gasteiger partial charge in [0.1, 0.15) is 17.1 Å². The van der Waals surface area contributed by atoms with Crippen LogP contribution < -0.4 is 15.2 Å². The lowest BCUT2D eigenvalue weighted by Gasteiger charge is -2.09. The molecule has 0 fully saturated rings. The summed E-state index contributed by atoms with van der Waals surface area (Å²) >= 11 is 0. The molecule has 2 aromatic heterocycles. The molecule has 2 heterocycles. The van der Waals surface area contributed by atoms with E-state index < -0.39 is 5.97 Å². The molecule has 4 rings (SSSR count). The summed E-state index contributed by atoms with van der Waals surface area (Å²) in [7, 11) is 1.58. The number of ether oxygens (including phenoxy) is 1. The molecule has 140 valence electrons. The molecule has 0 amide bonds. The number of nitrogens with zero attached hydrogens (tertiary/aromatic N) is 3. The number of carboxylic acid groups (broad SMARTS) is 1. The predicted molar refractivity (Wildman–Crippen MR) is 96.2 cm³/mol. The first-order chi connectivity index (χ1) is 13.5. The summed E-state index contributed by atoms with van der Waals surface area (Å²) in [6, 6.07) is 13.2. The molecule has 0 aliphatic carbocycles. The van der Waals surface area contributed by atoms with Crippen LogP contribution in [0.1, 0.15) is 10.6 Å². The van der Waals surface area contributed by atoms with E-state index in [4.69, 9.17) is 14.3 Å². The van der Waals surface area contributed by atoms with Crippen molar-refractivity contribution < 1.29 is 24.2 Å². The highest BCUT2D eigenvalue weighted by molar-refractivity contribution is 5.83. The number of methoxy groups -OCH3 is 1. The van der Waals surface area contributed by atoms with E-state index in [2.05, 4.69) is 20.2 Å². The minimum Gasteiger partial charge on any atom is -0.872 e. The third-order valence-electron chi connectivity index (χ3n) is 3.99. The summed E-state index contributed by atoms with van der Waals surface area (Å²) in [6.07, 6.45) is 0. The van der Waals surface area contributed by atoms with Gasteiger partial charge in [0.15, 0.2) is 0 Å². The molecule has 0 atom stereocenters. The van der Waals surface area contributed by atoms with Gasteiger partial charge in [-0.25, -0.2) is 9.79 Å². The maximum absolute atomic E-state index is 11.8. The van der Waals surface area contributed by atoms with E-state index in [1.54, 1.807) is 31.4 Å². The Balaban J connectivity index is 1.92. The molecule has 0 saturated heterocycles. The normalized spacial score (nSPS) is 11.7. The van der Waals surface area contributed by atoms with E-state index in [-0.39, 0.29) is 17.5 Å². The largest absolute Gasteiger partial charge is 0.872 e. The van der Waals surface area contributed by atoms with Crippen LogP contribution >= 0.6 is 0 Å². The van der Waals surface area contributed by atoms with Gasteiger partial charge in [-0.2, -0.15) is 4.98 Å². The van der Waals surface area contributed by atoms with Gasteiger partial charge < -0.3 is 19.4 Å². The molecule has 2 N–H and O–H groups in total. The summed E-state index contributed by atoms with van der Waals surface area (Å²) in [5.74, 6) is -0.653. The van der Waals surface area contributed by atoms with E-state index >= 15 is 0 Å². The van der Waals surface area contributed by atoms with E-state index in [0.29, 0.717) is 27.8 Å². The van der Waals surface area contributed by atoms with Crippen LogP contribution in [0, 0.1) is 0 Å². The zero-order chi connectivity index (χ0) is 19.7. The second-order valence-electron chi connectivity index (χ2n) is 5.78. The van der Waals surface area contributed by atoms with Crippen molar-refractivity contribution in [2.45, 2.75) is 0 Å². The second kappa shape index (κ2) is 6.88. The Kier molecular flexibility index (Phi) is 4.24. The van der Waals surface area contributed by atoms with Gasteiger partial charge in [-0.1, -0.05) is 12.1 Å². The lowest BCUT2D eigenvalue weighted by molar-refractivity contribution is -0.268. The molecule has 0 aliphatic heterocycles. The monoisotopic (exact) mass is 377 g/mol. The average molecular weight is 377 g/mol. The molecule has 28 heavy (non-hydrogen) atoms. The quantitative estimate of drug-likeness (QED) is 0.556. The van der Waals surface area contributed by atoms with Crippen molar-refractivity contribution in [2.24, 2.45) is 4.99 Å². The van der Waals surface area contributed by atoms with Gasteiger partial charge >= 0.3 is 5.97 Å². The van der Waals surface area contributed by atoms with Gasteiger partial charge in [0.25, 0.3) is 5.95 Å². The van der Waals surface area contributed by atoms with Crippen molar-refractivity contribution in [3.05, 3.63) is 59.7 Å². The van der Waals surface area contributed by atoms with Gasteiger partial charge in [0, 0.05) is 17.0 Å². The molecule has 2 aromatic carbocycles. The molecule has 9 nitrogen and oxygen atoms in total. The molecule has 0 spiro atoms. The standard InChI is InChI=1S/C19H14N4O5/c1-27-12-5-2-10(3-6-12)16-9-14(13-8-11(24)4-7-15(13)28-16)20-19-21-17(18(25)26)22-23-19/h2-9,24H,1H3,(H,25,26)(H,21,22,23)/p-1. The fraction of sp³-hybridized carbons (Fsp3) is 0.0526.